The number of nitrogens with zero attached hydrogens (tertiary/aromatic N) is 1. The molecule has 0 radical (unpaired) electrons. The molecule has 0 bridgehead atoms. The number of nitrogens with one attached hydrogen (secondary N) is 1. The Balaban J connectivity index is 1.78. The standard InChI is InChI=1S/C20H18N2O4/c1-13-10-11-17(22(24)25)20(14(13)2)21-19(23)12-26-18-9-5-7-15-6-3-4-8-16(15)18/h3-11H,12H2,1-2H3,(H,21,23). The second-order valence-corrected chi connectivity index (χ2v) is 5.97. The Morgan fingerprint density at radius 2 is 1.81 bits per heavy atom. The van der Waals surface area contributed by atoms with E-state index in [2.05, 4.69) is 5.32 Å². The molecule has 0 heterocycles. The first kappa shape index (κ1) is 17.4. The molecule has 132 valence electrons. The minimum absolute atomic E-state index is 0.133. The summed E-state index contributed by atoms with van der Waals surface area (Å²) in [6.45, 7) is 3.34. The van der Waals surface area contributed by atoms with Crippen molar-refractivity contribution in [2.75, 3.05) is 11.9 Å². The number of fused-ring (bicyclic) bond motifs is 1. The van der Waals surface area contributed by atoms with E-state index in [9.17, 15) is 14.9 Å². The molecule has 26 heavy (non-hydrogen) atoms. The van der Waals surface area contributed by atoms with Crippen LogP contribution in [0.5, 0.6) is 5.75 Å². The highest BCUT2D eigenvalue weighted by molar-refractivity contribution is 5.96. The van der Waals surface area contributed by atoms with E-state index < -0.39 is 10.8 Å². The van der Waals surface area contributed by atoms with Crippen molar-refractivity contribution in [3.8, 4) is 5.75 Å². The van der Waals surface area contributed by atoms with E-state index in [0.717, 1.165) is 16.3 Å². The minimum atomic E-state index is -0.506. The zero-order valence-electron chi connectivity index (χ0n) is 14.5. The average Bonchev–Trinajstić information content (AvgIpc) is 2.63. The minimum Gasteiger partial charge on any atom is -0.483 e. The fourth-order valence-corrected chi connectivity index (χ4v) is 2.75. The van der Waals surface area contributed by atoms with Crippen LogP contribution in [0.15, 0.2) is 54.6 Å². The van der Waals surface area contributed by atoms with Crippen molar-refractivity contribution in [1.29, 1.82) is 0 Å². The summed E-state index contributed by atoms with van der Waals surface area (Å²) in [5.74, 6) is 0.142. The number of ether oxygens (including phenoxy) is 1. The summed E-state index contributed by atoms with van der Waals surface area (Å²) in [5.41, 5.74) is 1.60. The predicted molar refractivity (Wildman–Crippen MR) is 101 cm³/mol. The smallest absolute Gasteiger partial charge is 0.293 e. The SMILES string of the molecule is Cc1ccc([N+](=O)[O-])c(NC(=O)COc2cccc3ccccc23)c1C. The van der Waals surface area contributed by atoms with Crippen LogP contribution >= 0.6 is 0 Å². The van der Waals surface area contributed by atoms with Crippen molar-refractivity contribution < 1.29 is 14.5 Å². The third-order valence-electron chi connectivity index (χ3n) is 4.28. The molecule has 0 aliphatic rings. The molecule has 6 heteroatoms. The van der Waals surface area contributed by atoms with Gasteiger partial charge in [0.05, 0.1) is 4.92 Å². The molecule has 0 saturated carbocycles. The lowest BCUT2D eigenvalue weighted by atomic mass is 10.1. The third-order valence-corrected chi connectivity index (χ3v) is 4.28. The Labute approximate surface area is 150 Å². The van der Waals surface area contributed by atoms with E-state index in [0.29, 0.717) is 11.3 Å². The van der Waals surface area contributed by atoms with Crippen LogP contribution in [0.1, 0.15) is 11.1 Å². The summed E-state index contributed by atoms with van der Waals surface area (Å²) >= 11 is 0. The van der Waals surface area contributed by atoms with Gasteiger partial charge in [0, 0.05) is 11.5 Å². The lowest BCUT2D eigenvalue weighted by Crippen LogP contribution is -2.21. The zero-order chi connectivity index (χ0) is 18.7. The number of amides is 1. The molecule has 1 N–H and O–H groups in total. The van der Waals surface area contributed by atoms with Gasteiger partial charge in [0.2, 0.25) is 0 Å². The highest BCUT2D eigenvalue weighted by atomic mass is 16.6. The van der Waals surface area contributed by atoms with Crippen LogP contribution in [0.3, 0.4) is 0 Å². The van der Waals surface area contributed by atoms with E-state index in [-0.39, 0.29) is 18.0 Å². The lowest BCUT2D eigenvalue weighted by molar-refractivity contribution is -0.384. The van der Waals surface area contributed by atoms with Crippen LogP contribution < -0.4 is 10.1 Å². The molecule has 3 rings (SSSR count). The summed E-state index contributed by atoms with van der Waals surface area (Å²) in [5, 5.41) is 15.7. The van der Waals surface area contributed by atoms with Gasteiger partial charge in [-0.1, -0.05) is 42.5 Å². The Morgan fingerprint density at radius 1 is 1.08 bits per heavy atom. The van der Waals surface area contributed by atoms with Gasteiger partial charge in [0.1, 0.15) is 11.4 Å². The van der Waals surface area contributed by atoms with Crippen molar-refractivity contribution in [3.05, 3.63) is 75.8 Å². The van der Waals surface area contributed by atoms with Crippen molar-refractivity contribution in [3.63, 3.8) is 0 Å². The van der Waals surface area contributed by atoms with Gasteiger partial charge in [-0.15, -0.1) is 0 Å². The largest absolute Gasteiger partial charge is 0.483 e. The van der Waals surface area contributed by atoms with E-state index in [1.54, 1.807) is 19.1 Å². The maximum Gasteiger partial charge on any atom is 0.293 e. The van der Waals surface area contributed by atoms with Crippen molar-refractivity contribution in [2.24, 2.45) is 0 Å². The molecule has 6 nitrogen and oxygen atoms in total. The van der Waals surface area contributed by atoms with E-state index in [1.807, 2.05) is 43.3 Å². The van der Waals surface area contributed by atoms with Gasteiger partial charge in [0.15, 0.2) is 6.61 Å². The molecular formula is C20H18N2O4. The number of rotatable bonds is 5. The van der Waals surface area contributed by atoms with E-state index >= 15 is 0 Å². The highest BCUT2D eigenvalue weighted by Gasteiger charge is 2.19. The quantitative estimate of drug-likeness (QED) is 0.547. The number of nitro groups is 1. The summed E-state index contributed by atoms with van der Waals surface area (Å²) in [6.07, 6.45) is 0. The molecule has 1 amide bonds. The number of benzene rings is 3. The Hall–Kier alpha value is -3.41. The lowest BCUT2D eigenvalue weighted by Gasteiger charge is -2.12. The van der Waals surface area contributed by atoms with Crippen LogP contribution in [0, 0.1) is 24.0 Å². The number of nitro benzene ring substituents is 1. The average molecular weight is 350 g/mol. The van der Waals surface area contributed by atoms with Crippen LogP contribution in [0.4, 0.5) is 11.4 Å². The molecule has 0 spiro atoms. The number of carbonyl (C=O) groups is 1. The number of hydrogen-bond donors (Lipinski definition) is 1. The topological polar surface area (TPSA) is 81.5 Å². The van der Waals surface area contributed by atoms with Crippen LogP contribution in [0.2, 0.25) is 0 Å². The van der Waals surface area contributed by atoms with Gasteiger partial charge in [-0.05, 0) is 36.4 Å². The fraction of sp³-hybridized carbons (Fsp3) is 0.150. The van der Waals surface area contributed by atoms with Gasteiger partial charge in [-0.2, -0.15) is 0 Å². The Kier molecular flexibility index (Phi) is 4.84. The molecule has 0 atom stereocenters. The number of hydrogen-bond acceptors (Lipinski definition) is 4. The molecule has 0 saturated heterocycles. The number of aryl methyl sites for hydroxylation is 1. The van der Waals surface area contributed by atoms with Gasteiger partial charge >= 0.3 is 0 Å². The molecule has 0 aliphatic heterocycles. The summed E-state index contributed by atoms with van der Waals surface area (Å²) < 4.78 is 5.64. The summed E-state index contributed by atoms with van der Waals surface area (Å²) in [4.78, 5) is 23.0. The molecule has 0 unspecified atom stereocenters. The Bertz CT molecular complexity index is 993. The summed E-state index contributed by atoms with van der Waals surface area (Å²) in [6, 6.07) is 16.4. The zero-order valence-corrected chi connectivity index (χ0v) is 14.5. The predicted octanol–water partition coefficient (Wildman–Crippen LogP) is 4.38. The second-order valence-electron chi connectivity index (χ2n) is 5.97. The molecule has 0 aromatic heterocycles. The van der Waals surface area contributed by atoms with Crippen molar-refractivity contribution >= 4 is 28.1 Å². The maximum absolute atomic E-state index is 12.3. The van der Waals surface area contributed by atoms with Gasteiger partial charge in [0.25, 0.3) is 11.6 Å². The summed E-state index contributed by atoms with van der Waals surface area (Å²) in [7, 11) is 0. The first-order valence-electron chi connectivity index (χ1n) is 8.12. The van der Waals surface area contributed by atoms with Crippen molar-refractivity contribution in [1.82, 2.24) is 0 Å². The molecule has 0 fully saturated rings. The van der Waals surface area contributed by atoms with Gasteiger partial charge in [-0.25, -0.2) is 0 Å². The molecule has 3 aromatic rings. The van der Waals surface area contributed by atoms with Gasteiger partial charge in [-0.3, -0.25) is 14.9 Å². The third kappa shape index (κ3) is 3.49. The van der Waals surface area contributed by atoms with Crippen LogP contribution in [-0.2, 0) is 4.79 Å². The monoisotopic (exact) mass is 350 g/mol. The number of anilines is 1. The van der Waals surface area contributed by atoms with E-state index in [4.69, 9.17) is 4.74 Å². The first-order valence-corrected chi connectivity index (χ1v) is 8.12. The fourth-order valence-electron chi connectivity index (χ4n) is 2.75. The first-order chi connectivity index (χ1) is 12.5. The van der Waals surface area contributed by atoms with Gasteiger partial charge < -0.3 is 10.1 Å². The number of carbonyl (C=O) groups excluding carboxylic acids is 1. The second kappa shape index (κ2) is 7.23. The Morgan fingerprint density at radius 3 is 2.58 bits per heavy atom. The maximum atomic E-state index is 12.3. The van der Waals surface area contributed by atoms with E-state index in [1.165, 1.54) is 6.07 Å². The van der Waals surface area contributed by atoms with Crippen LogP contribution in [0.25, 0.3) is 10.8 Å². The molecule has 3 aromatic carbocycles. The van der Waals surface area contributed by atoms with Crippen LogP contribution in [-0.4, -0.2) is 17.4 Å². The molecule has 0 aliphatic carbocycles. The molecular weight excluding hydrogens is 332 g/mol. The van der Waals surface area contributed by atoms with Crippen molar-refractivity contribution in [2.45, 2.75) is 13.8 Å². The normalized spacial score (nSPS) is 10.5. The highest BCUT2D eigenvalue weighted by Crippen LogP contribution is 2.30.